The Kier molecular flexibility index (Phi) is 9.62. The van der Waals surface area contributed by atoms with Crippen LogP contribution in [-0.4, -0.2) is 89.2 Å². The van der Waals surface area contributed by atoms with E-state index in [2.05, 4.69) is 69.1 Å². The van der Waals surface area contributed by atoms with Gasteiger partial charge < -0.3 is 20.0 Å². The van der Waals surface area contributed by atoms with E-state index in [0.717, 1.165) is 26.2 Å². The van der Waals surface area contributed by atoms with Gasteiger partial charge in [-0.25, -0.2) is 0 Å². The maximum Gasteiger partial charge on any atom is 0.0104 e. The minimum absolute atomic E-state index is 0.340. The molecule has 0 aromatic rings. The van der Waals surface area contributed by atoms with Crippen molar-refractivity contribution in [2.75, 3.05) is 74.5 Å². The maximum absolute atomic E-state index is 3.58. The van der Waals surface area contributed by atoms with E-state index in [1.807, 2.05) is 0 Å². The van der Waals surface area contributed by atoms with E-state index in [9.17, 15) is 0 Å². The van der Waals surface area contributed by atoms with Gasteiger partial charge in [-0.2, -0.15) is 0 Å². The third kappa shape index (κ3) is 12.6. The van der Waals surface area contributed by atoms with Gasteiger partial charge in [0.05, 0.1) is 0 Å². The van der Waals surface area contributed by atoms with Crippen molar-refractivity contribution in [3.8, 4) is 0 Å². The fraction of sp³-hybridized carbons (Fsp3) is 1.00. The molecule has 0 heterocycles. The summed E-state index contributed by atoms with van der Waals surface area (Å²) in [5.74, 6) is 0. The molecule has 1 N–H and O–H groups in total. The summed E-state index contributed by atoms with van der Waals surface area (Å²) in [6.07, 6.45) is 1.25. The van der Waals surface area contributed by atoms with Crippen molar-refractivity contribution >= 4 is 0 Å². The lowest BCUT2D eigenvalue weighted by Gasteiger charge is -2.29. The first-order valence-corrected chi connectivity index (χ1v) is 7.42. The quantitative estimate of drug-likeness (QED) is 0.568. The SMILES string of the molecule is CN(C)CCCN(C)CCNCC(C)(C)CN(C)C. The number of nitrogens with zero attached hydrogens (tertiary/aromatic N) is 3. The fourth-order valence-electron chi connectivity index (χ4n) is 2.38. The highest BCUT2D eigenvalue weighted by Crippen LogP contribution is 2.13. The van der Waals surface area contributed by atoms with E-state index < -0.39 is 0 Å². The molecule has 0 amide bonds. The fourth-order valence-corrected chi connectivity index (χ4v) is 2.38. The Morgan fingerprint density at radius 3 is 2.00 bits per heavy atom. The smallest absolute Gasteiger partial charge is 0.0104 e. The molecular weight excluding hydrogens is 236 g/mol. The first kappa shape index (κ1) is 18.8. The second-order valence-corrected chi connectivity index (χ2v) is 7.04. The first-order valence-electron chi connectivity index (χ1n) is 7.42. The van der Waals surface area contributed by atoms with Crippen LogP contribution in [0.5, 0.6) is 0 Å². The lowest BCUT2D eigenvalue weighted by molar-refractivity contribution is 0.227. The van der Waals surface area contributed by atoms with Crippen LogP contribution in [0.2, 0.25) is 0 Å². The highest BCUT2D eigenvalue weighted by Gasteiger charge is 2.17. The highest BCUT2D eigenvalue weighted by atomic mass is 15.1. The minimum Gasteiger partial charge on any atom is -0.315 e. The Morgan fingerprint density at radius 2 is 1.47 bits per heavy atom. The van der Waals surface area contributed by atoms with E-state index in [0.29, 0.717) is 5.41 Å². The Labute approximate surface area is 121 Å². The topological polar surface area (TPSA) is 21.8 Å². The summed E-state index contributed by atoms with van der Waals surface area (Å²) < 4.78 is 0. The molecule has 0 spiro atoms. The van der Waals surface area contributed by atoms with Gasteiger partial charge >= 0.3 is 0 Å². The second kappa shape index (κ2) is 9.70. The van der Waals surface area contributed by atoms with Crippen molar-refractivity contribution in [2.45, 2.75) is 20.3 Å². The van der Waals surface area contributed by atoms with Crippen molar-refractivity contribution in [1.29, 1.82) is 0 Å². The van der Waals surface area contributed by atoms with Crippen LogP contribution in [0.4, 0.5) is 0 Å². The van der Waals surface area contributed by atoms with Gasteiger partial charge in [-0.1, -0.05) is 13.8 Å². The molecule has 0 fully saturated rings. The third-order valence-corrected chi connectivity index (χ3v) is 3.16. The molecule has 0 unspecified atom stereocenters. The second-order valence-electron chi connectivity index (χ2n) is 7.04. The lowest BCUT2D eigenvalue weighted by atomic mass is 9.93. The normalized spacial score (nSPS) is 12.9. The van der Waals surface area contributed by atoms with Gasteiger partial charge in [0.2, 0.25) is 0 Å². The molecule has 0 aliphatic heterocycles. The molecule has 0 saturated heterocycles. The molecule has 4 heteroatoms. The van der Waals surface area contributed by atoms with Crippen molar-refractivity contribution < 1.29 is 0 Å². The Bertz CT molecular complexity index is 214. The standard InChI is InChI=1S/C15H36N4/c1-15(2,14-18(5)6)13-16-9-12-19(7)11-8-10-17(3)4/h16H,8-14H2,1-7H3. The summed E-state index contributed by atoms with van der Waals surface area (Å²) in [5, 5.41) is 3.58. The van der Waals surface area contributed by atoms with Crippen molar-refractivity contribution in [3.05, 3.63) is 0 Å². The first-order chi connectivity index (χ1) is 8.73. The molecule has 0 rings (SSSR count). The van der Waals surface area contributed by atoms with Gasteiger partial charge in [-0.05, 0) is 60.2 Å². The maximum atomic E-state index is 3.58. The molecular formula is C15H36N4. The average molecular weight is 272 g/mol. The zero-order chi connectivity index (χ0) is 14.9. The zero-order valence-electron chi connectivity index (χ0n) is 14.3. The third-order valence-electron chi connectivity index (χ3n) is 3.16. The molecule has 0 atom stereocenters. The molecule has 0 saturated carbocycles. The van der Waals surface area contributed by atoms with E-state index in [1.165, 1.54) is 19.5 Å². The molecule has 19 heavy (non-hydrogen) atoms. The van der Waals surface area contributed by atoms with E-state index >= 15 is 0 Å². The molecule has 0 aliphatic carbocycles. The van der Waals surface area contributed by atoms with Gasteiger partial charge in [0.25, 0.3) is 0 Å². The summed E-state index contributed by atoms with van der Waals surface area (Å²) in [7, 11) is 10.8. The van der Waals surface area contributed by atoms with Gasteiger partial charge in [-0.3, -0.25) is 0 Å². The van der Waals surface area contributed by atoms with Crippen LogP contribution in [0.15, 0.2) is 0 Å². The van der Waals surface area contributed by atoms with Gasteiger partial charge in [-0.15, -0.1) is 0 Å². The van der Waals surface area contributed by atoms with Gasteiger partial charge in [0, 0.05) is 26.2 Å². The van der Waals surface area contributed by atoms with Crippen molar-refractivity contribution in [3.63, 3.8) is 0 Å². The summed E-state index contributed by atoms with van der Waals surface area (Å²) in [5.41, 5.74) is 0.340. The van der Waals surface area contributed by atoms with Crippen LogP contribution in [0.3, 0.4) is 0 Å². The molecule has 0 aliphatic rings. The van der Waals surface area contributed by atoms with Crippen molar-refractivity contribution in [2.24, 2.45) is 5.41 Å². The number of hydrogen-bond acceptors (Lipinski definition) is 4. The van der Waals surface area contributed by atoms with Gasteiger partial charge in [0.1, 0.15) is 0 Å². The molecule has 0 aromatic carbocycles. The number of hydrogen-bond donors (Lipinski definition) is 1. The predicted molar refractivity (Wildman–Crippen MR) is 85.9 cm³/mol. The van der Waals surface area contributed by atoms with E-state index in [1.54, 1.807) is 0 Å². The van der Waals surface area contributed by atoms with Crippen LogP contribution < -0.4 is 5.32 Å². The Morgan fingerprint density at radius 1 is 0.842 bits per heavy atom. The largest absolute Gasteiger partial charge is 0.315 e. The summed E-state index contributed by atoms with van der Waals surface area (Å²) in [6.45, 7) is 11.4. The molecule has 0 bridgehead atoms. The molecule has 4 nitrogen and oxygen atoms in total. The number of likely N-dealkylation sites (N-methyl/N-ethyl adjacent to an activating group) is 1. The monoisotopic (exact) mass is 272 g/mol. The zero-order valence-corrected chi connectivity index (χ0v) is 14.3. The summed E-state index contributed by atoms with van der Waals surface area (Å²) in [4.78, 5) is 6.92. The Hall–Kier alpha value is -0.160. The van der Waals surface area contributed by atoms with Crippen LogP contribution in [0, 0.1) is 5.41 Å². The van der Waals surface area contributed by atoms with Gasteiger partial charge in [0.15, 0.2) is 0 Å². The van der Waals surface area contributed by atoms with Crippen LogP contribution in [-0.2, 0) is 0 Å². The van der Waals surface area contributed by atoms with Crippen LogP contribution >= 0.6 is 0 Å². The van der Waals surface area contributed by atoms with Crippen molar-refractivity contribution in [1.82, 2.24) is 20.0 Å². The number of rotatable bonds is 11. The molecule has 0 aromatic heterocycles. The average Bonchev–Trinajstić information content (AvgIpc) is 2.22. The summed E-state index contributed by atoms with van der Waals surface area (Å²) in [6, 6.07) is 0. The summed E-state index contributed by atoms with van der Waals surface area (Å²) >= 11 is 0. The molecule has 116 valence electrons. The predicted octanol–water partition coefficient (Wildman–Crippen LogP) is 1.05. The minimum atomic E-state index is 0.340. The molecule has 0 radical (unpaired) electrons. The lowest BCUT2D eigenvalue weighted by Crippen LogP contribution is -2.40. The number of nitrogens with one attached hydrogen (secondary N) is 1. The highest BCUT2D eigenvalue weighted by molar-refractivity contribution is 4.74. The van der Waals surface area contributed by atoms with Crippen LogP contribution in [0.1, 0.15) is 20.3 Å². The Balaban J connectivity index is 3.57. The van der Waals surface area contributed by atoms with E-state index in [-0.39, 0.29) is 0 Å². The van der Waals surface area contributed by atoms with Crippen LogP contribution in [0.25, 0.3) is 0 Å². The van der Waals surface area contributed by atoms with E-state index in [4.69, 9.17) is 0 Å².